The Bertz CT molecular complexity index is 1700. The third kappa shape index (κ3) is 4.09. The summed E-state index contributed by atoms with van der Waals surface area (Å²) in [7, 11) is 0. The Morgan fingerprint density at radius 3 is 2.48 bits per heavy atom. The van der Waals surface area contributed by atoms with Gasteiger partial charge in [0.15, 0.2) is 11.5 Å². The van der Waals surface area contributed by atoms with Crippen LogP contribution in [0.3, 0.4) is 0 Å². The van der Waals surface area contributed by atoms with E-state index in [0.29, 0.717) is 36.9 Å². The largest absolute Gasteiger partial charge is 0.486 e. The number of hydrogen-bond acceptors (Lipinski definition) is 4. The van der Waals surface area contributed by atoms with Crippen LogP contribution in [0, 0.1) is 13.8 Å². The maximum absolute atomic E-state index is 14.2. The lowest BCUT2D eigenvalue weighted by molar-refractivity contribution is 0.171. The molecule has 0 aliphatic carbocycles. The molecule has 4 heterocycles. The molecule has 200 valence electrons. The molecule has 0 radical (unpaired) electrons. The Labute approximate surface area is 232 Å². The third-order valence-electron chi connectivity index (χ3n) is 7.53. The summed E-state index contributed by atoms with van der Waals surface area (Å²) in [5, 5.41) is 8.05. The molecule has 0 spiro atoms. The number of aromatic nitrogens is 3. The fraction of sp³-hybridized carbons (Fsp3) is 0.188. The van der Waals surface area contributed by atoms with Crippen LogP contribution >= 0.6 is 0 Å². The van der Waals surface area contributed by atoms with Crippen molar-refractivity contribution in [2.75, 3.05) is 18.5 Å². The zero-order chi connectivity index (χ0) is 27.2. The number of nitrogens with zero attached hydrogens (tertiary/aromatic N) is 4. The van der Waals surface area contributed by atoms with Gasteiger partial charge in [0, 0.05) is 23.5 Å². The summed E-state index contributed by atoms with van der Waals surface area (Å²) < 4.78 is 15.6. The monoisotopic (exact) mass is 531 g/mol. The topological polar surface area (TPSA) is 73.6 Å². The summed E-state index contributed by atoms with van der Waals surface area (Å²) >= 11 is 0. The first-order chi connectivity index (χ1) is 19.6. The van der Waals surface area contributed by atoms with E-state index < -0.39 is 0 Å². The molecule has 3 aromatic carbocycles. The highest BCUT2D eigenvalue weighted by molar-refractivity contribution is 5.90. The highest BCUT2D eigenvalue weighted by atomic mass is 16.6. The van der Waals surface area contributed by atoms with Gasteiger partial charge in [-0.05, 0) is 55.8 Å². The smallest absolute Gasteiger partial charge is 0.322 e. The summed E-state index contributed by atoms with van der Waals surface area (Å²) in [5.74, 6) is 2.25. The molecule has 0 saturated heterocycles. The van der Waals surface area contributed by atoms with E-state index in [1.54, 1.807) is 0 Å². The molecule has 1 unspecified atom stereocenters. The summed E-state index contributed by atoms with van der Waals surface area (Å²) in [5.41, 5.74) is 6.66. The van der Waals surface area contributed by atoms with Crippen molar-refractivity contribution in [2.24, 2.45) is 0 Å². The van der Waals surface area contributed by atoms with Gasteiger partial charge in [0.05, 0.1) is 29.7 Å². The first-order valence-corrected chi connectivity index (χ1v) is 13.4. The zero-order valence-corrected chi connectivity index (χ0v) is 22.4. The molecule has 2 amide bonds. The second-order valence-corrected chi connectivity index (χ2v) is 10.2. The van der Waals surface area contributed by atoms with Gasteiger partial charge in [0.25, 0.3) is 0 Å². The predicted octanol–water partition coefficient (Wildman–Crippen LogP) is 6.19. The minimum Gasteiger partial charge on any atom is -0.486 e. The van der Waals surface area contributed by atoms with E-state index in [0.717, 1.165) is 34.0 Å². The van der Waals surface area contributed by atoms with E-state index in [4.69, 9.17) is 14.6 Å². The number of aryl methyl sites for hydroxylation is 2. The van der Waals surface area contributed by atoms with E-state index >= 15 is 0 Å². The summed E-state index contributed by atoms with van der Waals surface area (Å²) in [4.78, 5) is 16.1. The Balaban J connectivity index is 1.36. The standard InChI is InChI=1S/C32H29N5O3/c1-21-10-12-23(13-11-21)30-27-9-6-16-35(27)31-26(22(2)34-37(31)25-7-4-3-5-8-25)20-36(30)32(38)33-24-14-15-28-29(19-24)40-18-17-39-28/h3-16,19,30H,17-18,20H2,1-2H3,(H,33,38). The van der Waals surface area contributed by atoms with Gasteiger partial charge in [-0.2, -0.15) is 5.10 Å². The Morgan fingerprint density at radius 2 is 1.68 bits per heavy atom. The number of ether oxygens (including phenoxy) is 2. The van der Waals surface area contributed by atoms with Crippen LogP contribution in [0.1, 0.15) is 34.1 Å². The van der Waals surface area contributed by atoms with Crippen molar-refractivity contribution in [1.82, 2.24) is 19.2 Å². The number of carbonyl (C=O) groups is 1. The van der Waals surface area contributed by atoms with Crippen molar-refractivity contribution < 1.29 is 14.3 Å². The SMILES string of the molecule is Cc1ccc(C2c3cccn3-c3c(c(C)nn3-c3ccccc3)CN2C(=O)Nc2ccc3c(c2)OCCO3)cc1. The van der Waals surface area contributed by atoms with E-state index in [1.807, 2.05) is 71.1 Å². The first kappa shape index (κ1) is 24.1. The average molecular weight is 532 g/mol. The van der Waals surface area contributed by atoms with Gasteiger partial charge in [0.2, 0.25) is 0 Å². The zero-order valence-electron chi connectivity index (χ0n) is 22.4. The van der Waals surface area contributed by atoms with Crippen LogP contribution in [0.2, 0.25) is 0 Å². The molecule has 0 fully saturated rings. The van der Waals surface area contributed by atoms with E-state index in [2.05, 4.69) is 53.3 Å². The molecule has 7 rings (SSSR count). The number of anilines is 1. The maximum Gasteiger partial charge on any atom is 0.322 e. The Kier molecular flexibility index (Phi) is 5.81. The van der Waals surface area contributed by atoms with Crippen molar-refractivity contribution >= 4 is 11.7 Å². The fourth-order valence-corrected chi connectivity index (χ4v) is 5.57. The number of fused-ring (bicyclic) bond motifs is 4. The Morgan fingerprint density at radius 1 is 0.900 bits per heavy atom. The summed E-state index contributed by atoms with van der Waals surface area (Å²) in [6, 6.07) is 27.6. The Hall–Kier alpha value is -4.98. The van der Waals surface area contributed by atoms with Crippen LogP contribution in [0.15, 0.2) is 91.1 Å². The molecule has 40 heavy (non-hydrogen) atoms. The van der Waals surface area contributed by atoms with Crippen molar-refractivity contribution in [3.63, 3.8) is 0 Å². The molecular formula is C32H29N5O3. The molecule has 2 aliphatic heterocycles. The highest BCUT2D eigenvalue weighted by Gasteiger charge is 2.36. The molecule has 5 aromatic rings. The molecule has 0 bridgehead atoms. The molecule has 1 N–H and O–H groups in total. The van der Waals surface area contributed by atoms with Crippen molar-refractivity contribution in [3.8, 4) is 23.0 Å². The van der Waals surface area contributed by atoms with Gasteiger partial charge in [-0.25, -0.2) is 9.48 Å². The lowest BCUT2D eigenvalue weighted by atomic mass is 10.0. The number of carbonyl (C=O) groups excluding carboxylic acids is 1. The minimum absolute atomic E-state index is 0.213. The van der Waals surface area contributed by atoms with Gasteiger partial charge >= 0.3 is 6.03 Å². The summed E-state index contributed by atoms with van der Waals surface area (Å²) in [6.07, 6.45) is 2.05. The van der Waals surface area contributed by atoms with Crippen LogP contribution in [0.4, 0.5) is 10.5 Å². The van der Waals surface area contributed by atoms with Gasteiger partial charge in [0.1, 0.15) is 19.0 Å². The molecule has 2 aliphatic rings. The van der Waals surface area contributed by atoms with Crippen molar-refractivity contribution in [2.45, 2.75) is 26.4 Å². The van der Waals surface area contributed by atoms with Gasteiger partial charge in [-0.15, -0.1) is 0 Å². The van der Waals surface area contributed by atoms with E-state index in [-0.39, 0.29) is 12.1 Å². The molecular weight excluding hydrogens is 502 g/mol. The number of hydrogen-bond donors (Lipinski definition) is 1. The number of para-hydroxylation sites is 1. The average Bonchev–Trinajstić information content (AvgIpc) is 3.54. The molecule has 1 atom stereocenters. The quantitative estimate of drug-likeness (QED) is 0.301. The first-order valence-electron chi connectivity index (χ1n) is 13.4. The van der Waals surface area contributed by atoms with E-state index in [9.17, 15) is 4.79 Å². The van der Waals surface area contributed by atoms with Crippen LogP contribution in [-0.4, -0.2) is 38.5 Å². The molecule has 2 aromatic heterocycles. The normalized spacial score (nSPS) is 15.7. The number of rotatable bonds is 3. The van der Waals surface area contributed by atoms with Gasteiger partial charge < -0.3 is 24.3 Å². The highest BCUT2D eigenvalue weighted by Crippen LogP contribution is 2.39. The lowest BCUT2D eigenvalue weighted by Crippen LogP contribution is -2.38. The summed E-state index contributed by atoms with van der Waals surface area (Å²) in [6.45, 7) is 5.45. The van der Waals surface area contributed by atoms with Crippen LogP contribution in [-0.2, 0) is 6.54 Å². The second kappa shape index (κ2) is 9.64. The predicted molar refractivity (Wildman–Crippen MR) is 153 cm³/mol. The van der Waals surface area contributed by atoms with Crippen molar-refractivity contribution in [1.29, 1.82) is 0 Å². The minimum atomic E-state index is -0.330. The van der Waals surface area contributed by atoms with Gasteiger partial charge in [-0.3, -0.25) is 0 Å². The molecule has 0 saturated carbocycles. The maximum atomic E-state index is 14.2. The third-order valence-corrected chi connectivity index (χ3v) is 7.53. The molecule has 8 heteroatoms. The fourth-order valence-electron chi connectivity index (χ4n) is 5.57. The lowest BCUT2D eigenvalue weighted by Gasteiger charge is -2.31. The molecule has 8 nitrogen and oxygen atoms in total. The van der Waals surface area contributed by atoms with Crippen LogP contribution < -0.4 is 14.8 Å². The number of benzene rings is 3. The number of nitrogens with one attached hydrogen (secondary N) is 1. The number of urea groups is 1. The van der Waals surface area contributed by atoms with Gasteiger partial charge in [-0.1, -0.05) is 48.0 Å². The number of amides is 2. The van der Waals surface area contributed by atoms with Crippen molar-refractivity contribution in [3.05, 3.63) is 119 Å². The second-order valence-electron chi connectivity index (χ2n) is 10.2. The van der Waals surface area contributed by atoms with Crippen LogP contribution in [0.5, 0.6) is 11.5 Å². The van der Waals surface area contributed by atoms with E-state index in [1.165, 1.54) is 5.56 Å². The van der Waals surface area contributed by atoms with Crippen LogP contribution in [0.25, 0.3) is 11.5 Å².